The standard InChI is InChI=1S/C21H38N4O3/c1-4-22-21(23-13-18(26)16-27-15-17(2)3)24-14-19(20-9-8-12-28-20)25-10-6-5-7-11-25/h8-9,12,17-19,26H,4-7,10-11,13-16H2,1-3H3,(H2,22,23,24). The molecule has 7 heteroatoms. The lowest BCUT2D eigenvalue weighted by Crippen LogP contribution is -2.44. The molecule has 1 aliphatic rings. The molecule has 3 N–H and O–H groups in total. The van der Waals surface area contributed by atoms with E-state index in [1.165, 1.54) is 19.3 Å². The average Bonchev–Trinajstić information content (AvgIpc) is 3.21. The lowest BCUT2D eigenvalue weighted by Gasteiger charge is -2.33. The van der Waals surface area contributed by atoms with E-state index in [1.54, 1.807) is 6.26 Å². The van der Waals surface area contributed by atoms with Gasteiger partial charge in [0.15, 0.2) is 5.96 Å². The van der Waals surface area contributed by atoms with Gasteiger partial charge in [0.05, 0.1) is 31.6 Å². The van der Waals surface area contributed by atoms with Crippen molar-refractivity contribution >= 4 is 5.96 Å². The number of likely N-dealkylation sites (tertiary alicyclic amines) is 1. The highest BCUT2D eigenvalue weighted by molar-refractivity contribution is 5.79. The zero-order valence-corrected chi connectivity index (χ0v) is 17.7. The number of hydrogen-bond donors (Lipinski definition) is 3. The van der Waals surface area contributed by atoms with E-state index in [2.05, 4.69) is 34.4 Å². The molecule has 1 aliphatic heterocycles. The number of rotatable bonds is 11. The molecular weight excluding hydrogens is 356 g/mol. The number of hydrogen-bond acceptors (Lipinski definition) is 5. The summed E-state index contributed by atoms with van der Waals surface area (Å²) in [7, 11) is 0. The monoisotopic (exact) mass is 394 g/mol. The first-order valence-electron chi connectivity index (χ1n) is 10.7. The predicted octanol–water partition coefficient (Wildman–Crippen LogP) is 2.40. The Morgan fingerprint density at radius 3 is 2.68 bits per heavy atom. The van der Waals surface area contributed by atoms with Crippen LogP contribution in [0.3, 0.4) is 0 Å². The maximum Gasteiger partial charge on any atom is 0.191 e. The van der Waals surface area contributed by atoms with E-state index in [4.69, 9.17) is 9.15 Å². The van der Waals surface area contributed by atoms with Gasteiger partial charge in [-0.2, -0.15) is 0 Å². The molecule has 0 bridgehead atoms. The second-order valence-corrected chi connectivity index (χ2v) is 7.81. The van der Waals surface area contributed by atoms with Gasteiger partial charge in [0.1, 0.15) is 5.76 Å². The minimum absolute atomic E-state index is 0.179. The van der Waals surface area contributed by atoms with E-state index in [-0.39, 0.29) is 6.04 Å². The fraction of sp³-hybridized carbons (Fsp3) is 0.762. The van der Waals surface area contributed by atoms with Crippen molar-refractivity contribution in [2.75, 3.05) is 45.9 Å². The molecule has 2 unspecified atom stereocenters. The number of furan rings is 1. The SMILES string of the molecule is CCNC(=NCC(O)COCC(C)C)NCC(c1ccco1)N1CCCCC1. The summed E-state index contributed by atoms with van der Waals surface area (Å²) in [6.45, 7) is 11.1. The van der Waals surface area contributed by atoms with Crippen molar-refractivity contribution in [3.05, 3.63) is 24.2 Å². The van der Waals surface area contributed by atoms with Crippen LogP contribution in [0, 0.1) is 5.92 Å². The minimum Gasteiger partial charge on any atom is -0.468 e. The van der Waals surface area contributed by atoms with Crippen molar-refractivity contribution in [2.45, 2.75) is 52.2 Å². The van der Waals surface area contributed by atoms with E-state index in [9.17, 15) is 5.11 Å². The van der Waals surface area contributed by atoms with E-state index < -0.39 is 6.10 Å². The molecular formula is C21H38N4O3. The molecule has 2 atom stereocenters. The van der Waals surface area contributed by atoms with Crippen molar-refractivity contribution in [2.24, 2.45) is 10.9 Å². The molecule has 28 heavy (non-hydrogen) atoms. The number of nitrogens with zero attached hydrogens (tertiary/aromatic N) is 2. The van der Waals surface area contributed by atoms with Gasteiger partial charge >= 0.3 is 0 Å². The summed E-state index contributed by atoms with van der Waals surface area (Å²) in [6.07, 6.45) is 4.90. The molecule has 0 radical (unpaired) electrons. The first-order chi connectivity index (χ1) is 13.6. The summed E-state index contributed by atoms with van der Waals surface area (Å²) < 4.78 is 11.2. The Hall–Kier alpha value is -1.57. The molecule has 1 aromatic heterocycles. The van der Waals surface area contributed by atoms with Gasteiger partial charge in [-0.25, -0.2) is 0 Å². The van der Waals surface area contributed by atoms with Crippen molar-refractivity contribution in [1.82, 2.24) is 15.5 Å². The highest BCUT2D eigenvalue weighted by Crippen LogP contribution is 2.24. The second-order valence-electron chi connectivity index (χ2n) is 7.81. The number of aliphatic hydroxyl groups excluding tert-OH is 1. The quantitative estimate of drug-likeness (QED) is 0.395. The minimum atomic E-state index is -0.600. The van der Waals surface area contributed by atoms with Gasteiger partial charge in [0, 0.05) is 19.7 Å². The molecule has 2 rings (SSSR count). The highest BCUT2D eigenvalue weighted by Gasteiger charge is 2.24. The maximum absolute atomic E-state index is 10.1. The Balaban J connectivity index is 1.89. The first kappa shape index (κ1) is 22.7. The van der Waals surface area contributed by atoms with Gasteiger partial charge < -0.3 is 24.9 Å². The Morgan fingerprint density at radius 1 is 1.25 bits per heavy atom. The zero-order chi connectivity index (χ0) is 20.2. The second kappa shape index (κ2) is 12.8. The van der Waals surface area contributed by atoms with Crippen molar-refractivity contribution < 1.29 is 14.3 Å². The van der Waals surface area contributed by atoms with Gasteiger partial charge in [-0.15, -0.1) is 0 Å². The fourth-order valence-electron chi connectivity index (χ4n) is 3.34. The van der Waals surface area contributed by atoms with E-state index >= 15 is 0 Å². The largest absolute Gasteiger partial charge is 0.468 e. The molecule has 0 aliphatic carbocycles. The number of aliphatic hydroxyl groups is 1. The zero-order valence-electron chi connectivity index (χ0n) is 17.7. The van der Waals surface area contributed by atoms with Crippen LogP contribution < -0.4 is 10.6 Å². The number of ether oxygens (including phenoxy) is 1. The van der Waals surface area contributed by atoms with Gasteiger partial charge in [0.25, 0.3) is 0 Å². The number of guanidine groups is 1. The normalized spacial score (nSPS) is 18.2. The average molecular weight is 395 g/mol. The summed E-state index contributed by atoms with van der Waals surface area (Å²) in [5.41, 5.74) is 0. The van der Waals surface area contributed by atoms with Crippen LogP contribution in [-0.4, -0.2) is 68.0 Å². The fourth-order valence-corrected chi connectivity index (χ4v) is 3.34. The van der Waals surface area contributed by atoms with Gasteiger partial charge in [-0.1, -0.05) is 20.3 Å². The third kappa shape index (κ3) is 8.20. The summed E-state index contributed by atoms with van der Waals surface area (Å²) >= 11 is 0. The van der Waals surface area contributed by atoms with Gasteiger partial charge in [0.2, 0.25) is 0 Å². The Kier molecular flexibility index (Phi) is 10.4. The Morgan fingerprint density at radius 2 is 2.04 bits per heavy atom. The number of piperidine rings is 1. The smallest absolute Gasteiger partial charge is 0.191 e. The number of aliphatic imine (C=N–C) groups is 1. The highest BCUT2D eigenvalue weighted by atomic mass is 16.5. The van der Waals surface area contributed by atoms with Crippen LogP contribution in [-0.2, 0) is 4.74 Å². The van der Waals surface area contributed by atoms with Crippen LogP contribution in [0.1, 0.15) is 51.8 Å². The van der Waals surface area contributed by atoms with Crippen molar-refractivity contribution in [3.8, 4) is 0 Å². The van der Waals surface area contributed by atoms with Gasteiger partial charge in [-0.3, -0.25) is 9.89 Å². The molecule has 1 aromatic rings. The topological polar surface area (TPSA) is 82.3 Å². The lowest BCUT2D eigenvalue weighted by molar-refractivity contribution is 0.0301. The van der Waals surface area contributed by atoms with E-state index in [1.807, 2.05) is 19.1 Å². The van der Waals surface area contributed by atoms with Crippen LogP contribution in [0.4, 0.5) is 0 Å². The van der Waals surface area contributed by atoms with Crippen LogP contribution in [0.2, 0.25) is 0 Å². The molecule has 7 nitrogen and oxygen atoms in total. The van der Waals surface area contributed by atoms with E-state index in [0.29, 0.717) is 38.2 Å². The third-order valence-electron chi connectivity index (χ3n) is 4.73. The summed E-state index contributed by atoms with van der Waals surface area (Å²) in [5, 5.41) is 16.8. The van der Waals surface area contributed by atoms with Crippen LogP contribution in [0.15, 0.2) is 27.8 Å². The van der Waals surface area contributed by atoms with Crippen LogP contribution in [0.25, 0.3) is 0 Å². The molecule has 1 saturated heterocycles. The molecule has 0 spiro atoms. The molecule has 1 fully saturated rings. The maximum atomic E-state index is 10.1. The summed E-state index contributed by atoms with van der Waals surface area (Å²) in [4.78, 5) is 7.00. The van der Waals surface area contributed by atoms with Crippen molar-refractivity contribution in [3.63, 3.8) is 0 Å². The van der Waals surface area contributed by atoms with E-state index in [0.717, 1.165) is 25.4 Å². The third-order valence-corrected chi connectivity index (χ3v) is 4.73. The van der Waals surface area contributed by atoms with Gasteiger partial charge in [-0.05, 0) is 50.9 Å². The lowest BCUT2D eigenvalue weighted by atomic mass is 10.1. The molecule has 2 heterocycles. The summed E-state index contributed by atoms with van der Waals surface area (Å²) in [6, 6.07) is 4.17. The Bertz CT molecular complexity index is 542. The molecule has 160 valence electrons. The van der Waals surface area contributed by atoms with Crippen LogP contribution in [0.5, 0.6) is 0 Å². The molecule has 0 amide bonds. The number of nitrogens with one attached hydrogen (secondary N) is 2. The molecule has 0 saturated carbocycles. The Labute approximate surface area is 169 Å². The molecule has 0 aromatic carbocycles. The van der Waals surface area contributed by atoms with Crippen molar-refractivity contribution in [1.29, 1.82) is 0 Å². The first-order valence-corrected chi connectivity index (χ1v) is 10.7. The predicted molar refractivity (Wildman–Crippen MR) is 113 cm³/mol. The summed E-state index contributed by atoms with van der Waals surface area (Å²) in [5.74, 6) is 2.15. The van der Waals surface area contributed by atoms with Crippen LogP contribution >= 0.6 is 0 Å².